The summed E-state index contributed by atoms with van der Waals surface area (Å²) >= 11 is 1.54. The van der Waals surface area contributed by atoms with Crippen LogP contribution in [0, 0.1) is 0 Å². The highest BCUT2D eigenvalue weighted by atomic mass is 32.2. The average Bonchev–Trinajstić information content (AvgIpc) is 2.29. The van der Waals surface area contributed by atoms with Crippen LogP contribution in [0.25, 0.3) is 0 Å². The van der Waals surface area contributed by atoms with Crippen molar-refractivity contribution in [3.05, 3.63) is 24.3 Å². The van der Waals surface area contributed by atoms with Crippen LogP contribution in [0.4, 0.5) is 0 Å². The number of fused-ring (bicyclic) bond motifs is 1. The van der Waals surface area contributed by atoms with Gasteiger partial charge in [0.25, 0.3) is 0 Å². The van der Waals surface area contributed by atoms with Gasteiger partial charge in [-0.05, 0) is 12.1 Å². The molecular weight excluding hydrogens is 172 g/mol. The number of rotatable bonds is 0. The standard InChI is InChI=1S/C9H8O2S/c10-7-5-11-8-3-1-2-4-9(8)12-6-7/h1-4H,5-6H2. The predicted molar refractivity (Wildman–Crippen MR) is 47.7 cm³/mol. The van der Waals surface area contributed by atoms with E-state index >= 15 is 0 Å². The van der Waals surface area contributed by atoms with Crippen molar-refractivity contribution in [1.82, 2.24) is 0 Å². The van der Waals surface area contributed by atoms with Crippen molar-refractivity contribution in [3.63, 3.8) is 0 Å². The monoisotopic (exact) mass is 180 g/mol. The Hall–Kier alpha value is -0.960. The maximum atomic E-state index is 11.0. The fourth-order valence-electron chi connectivity index (χ4n) is 1.05. The minimum Gasteiger partial charge on any atom is -0.485 e. The van der Waals surface area contributed by atoms with Gasteiger partial charge in [-0.3, -0.25) is 4.79 Å². The van der Waals surface area contributed by atoms with Gasteiger partial charge in [0.15, 0.2) is 5.78 Å². The normalized spacial score (nSPS) is 16.2. The lowest BCUT2D eigenvalue weighted by molar-refractivity contribution is -0.118. The molecule has 1 aromatic rings. The highest BCUT2D eigenvalue weighted by molar-refractivity contribution is 8.00. The van der Waals surface area contributed by atoms with Crippen LogP contribution in [0.5, 0.6) is 5.75 Å². The molecule has 0 atom stereocenters. The van der Waals surface area contributed by atoms with E-state index in [0.717, 1.165) is 10.6 Å². The number of thioether (sulfide) groups is 1. The molecule has 3 heteroatoms. The van der Waals surface area contributed by atoms with E-state index in [1.54, 1.807) is 11.8 Å². The first-order chi connectivity index (χ1) is 5.86. The van der Waals surface area contributed by atoms with E-state index in [4.69, 9.17) is 4.74 Å². The van der Waals surface area contributed by atoms with Crippen LogP contribution < -0.4 is 4.74 Å². The van der Waals surface area contributed by atoms with E-state index in [-0.39, 0.29) is 12.4 Å². The van der Waals surface area contributed by atoms with Gasteiger partial charge in [0.2, 0.25) is 0 Å². The van der Waals surface area contributed by atoms with Crippen LogP contribution in [0.1, 0.15) is 0 Å². The summed E-state index contributed by atoms with van der Waals surface area (Å²) in [6.45, 7) is 0.212. The van der Waals surface area contributed by atoms with Gasteiger partial charge in [0, 0.05) is 4.90 Å². The molecule has 62 valence electrons. The van der Waals surface area contributed by atoms with Crippen molar-refractivity contribution in [2.24, 2.45) is 0 Å². The molecule has 0 fully saturated rings. The molecular formula is C9H8O2S. The zero-order chi connectivity index (χ0) is 8.39. The van der Waals surface area contributed by atoms with Crippen LogP contribution >= 0.6 is 11.8 Å². The number of benzene rings is 1. The molecule has 1 heterocycles. The number of Topliss-reactive ketones (excluding diaryl/α,β-unsaturated/α-hetero) is 1. The third-order valence-electron chi connectivity index (χ3n) is 1.63. The quantitative estimate of drug-likeness (QED) is 0.608. The van der Waals surface area contributed by atoms with Crippen molar-refractivity contribution < 1.29 is 9.53 Å². The Balaban J connectivity index is 2.32. The molecule has 0 bridgehead atoms. The maximum Gasteiger partial charge on any atom is 0.180 e. The Morgan fingerprint density at radius 2 is 2.17 bits per heavy atom. The molecule has 0 radical (unpaired) electrons. The predicted octanol–water partition coefficient (Wildman–Crippen LogP) is 1.74. The van der Waals surface area contributed by atoms with Crippen LogP contribution in [0.2, 0.25) is 0 Å². The van der Waals surface area contributed by atoms with Crippen molar-refractivity contribution in [2.75, 3.05) is 12.4 Å². The molecule has 1 aliphatic heterocycles. The van der Waals surface area contributed by atoms with Gasteiger partial charge in [-0.2, -0.15) is 0 Å². The Kier molecular flexibility index (Phi) is 2.04. The number of hydrogen-bond donors (Lipinski definition) is 0. The van der Waals surface area contributed by atoms with Gasteiger partial charge in [-0.1, -0.05) is 12.1 Å². The second kappa shape index (κ2) is 3.19. The molecule has 0 unspecified atom stereocenters. The lowest BCUT2D eigenvalue weighted by atomic mass is 10.3. The van der Waals surface area contributed by atoms with Crippen molar-refractivity contribution in [3.8, 4) is 5.75 Å². The maximum absolute atomic E-state index is 11.0. The van der Waals surface area contributed by atoms with E-state index in [2.05, 4.69) is 0 Å². The largest absolute Gasteiger partial charge is 0.485 e. The lowest BCUT2D eigenvalue weighted by Gasteiger charge is -2.03. The van der Waals surface area contributed by atoms with Crippen molar-refractivity contribution >= 4 is 17.5 Å². The number of ketones is 1. The second-order valence-electron chi connectivity index (χ2n) is 2.56. The van der Waals surface area contributed by atoms with Gasteiger partial charge in [0.05, 0.1) is 5.75 Å². The van der Waals surface area contributed by atoms with Crippen LogP contribution in [0.15, 0.2) is 29.2 Å². The zero-order valence-electron chi connectivity index (χ0n) is 6.45. The van der Waals surface area contributed by atoms with Gasteiger partial charge in [-0.25, -0.2) is 0 Å². The Morgan fingerprint density at radius 3 is 3.08 bits per heavy atom. The van der Waals surface area contributed by atoms with Gasteiger partial charge in [-0.15, -0.1) is 11.8 Å². The molecule has 1 aliphatic rings. The Morgan fingerprint density at radius 1 is 1.33 bits per heavy atom. The summed E-state index contributed by atoms with van der Waals surface area (Å²) in [5.41, 5.74) is 0. The second-order valence-corrected chi connectivity index (χ2v) is 3.58. The van der Waals surface area contributed by atoms with Gasteiger partial charge < -0.3 is 4.74 Å². The molecule has 0 aliphatic carbocycles. The molecule has 0 saturated carbocycles. The van der Waals surface area contributed by atoms with Gasteiger partial charge in [0.1, 0.15) is 12.4 Å². The minimum atomic E-state index is 0.149. The first kappa shape index (κ1) is 7.68. The molecule has 2 nitrogen and oxygen atoms in total. The zero-order valence-corrected chi connectivity index (χ0v) is 7.26. The summed E-state index contributed by atoms with van der Waals surface area (Å²) in [7, 11) is 0. The summed E-state index contributed by atoms with van der Waals surface area (Å²) in [6.07, 6.45) is 0. The number of carbonyl (C=O) groups excluding carboxylic acids is 1. The highest BCUT2D eigenvalue weighted by Crippen LogP contribution is 2.30. The molecule has 0 aromatic heterocycles. The highest BCUT2D eigenvalue weighted by Gasteiger charge is 2.12. The summed E-state index contributed by atoms with van der Waals surface area (Å²) < 4.78 is 5.29. The third-order valence-corrected chi connectivity index (χ3v) is 2.74. The van der Waals surface area contributed by atoms with E-state index in [0.29, 0.717) is 5.75 Å². The third kappa shape index (κ3) is 1.46. The van der Waals surface area contributed by atoms with E-state index in [1.807, 2.05) is 24.3 Å². The molecule has 0 amide bonds. The smallest absolute Gasteiger partial charge is 0.180 e. The summed E-state index contributed by atoms with van der Waals surface area (Å²) in [5.74, 6) is 1.50. The summed E-state index contributed by atoms with van der Waals surface area (Å²) in [6, 6.07) is 7.72. The van der Waals surface area contributed by atoms with Crippen molar-refractivity contribution in [2.45, 2.75) is 4.90 Å². The Labute approximate surface area is 74.9 Å². The molecule has 12 heavy (non-hydrogen) atoms. The molecule has 0 N–H and O–H groups in total. The van der Waals surface area contributed by atoms with E-state index < -0.39 is 0 Å². The fourth-order valence-corrected chi connectivity index (χ4v) is 1.89. The number of para-hydroxylation sites is 1. The molecule has 1 aromatic carbocycles. The van der Waals surface area contributed by atoms with Crippen LogP contribution in [-0.2, 0) is 4.79 Å². The number of carbonyl (C=O) groups is 1. The topological polar surface area (TPSA) is 26.3 Å². The SMILES string of the molecule is O=C1COc2ccccc2SC1. The number of ether oxygens (including phenoxy) is 1. The van der Waals surface area contributed by atoms with Crippen molar-refractivity contribution in [1.29, 1.82) is 0 Å². The Bertz CT molecular complexity index is 280. The fraction of sp³-hybridized carbons (Fsp3) is 0.222. The molecule has 0 saturated heterocycles. The average molecular weight is 180 g/mol. The summed E-state index contributed by atoms with van der Waals surface area (Å²) in [5, 5.41) is 0. The molecule has 2 rings (SSSR count). The summed E-state index contributed by atoms with van der Waals surface area (Å²) in [4.78, 5) is 12.1. The minimum absolute atomic E-state index is 0.149. The van der Waals surface area contributed by atoms with Crippen LogP contribution in [-0.4, -0.2) is 18.1 Å². The lowest BCUT2D eigenvalue weighted by Crippen LogP contribution is -2.10. The van der Waals surface area contributed by atoms with Gasteiger partial charge >= 0.3 is 0 Å². The van der Waals surface area contributed by atoms with Crippen LogP contribution in [0.3, 0.4) is 0 Å². The first-order valence-corrected chi connectivity index (χ1v) is 4.71. The first-order valence-electron chi connectivity index (χ1n) is 3.72. The van der Waals surface area contributed by atoms with E-state index in [9.17, 15) is 4.79 Å². The van der Waals surface area contributed by atoms with E-state index in [1.165, 1.54) is 0 Å². The number of hydrogen-bond acceptors (Lipinski definition) is 3. The molecule has 0 spiro atoms.